The van der Waals surface area contributed by atoms with E-state index in [9.17, 15) is 0 Å². The molecule has 0 N–H and O–H groups in total. The molecule has 150 heavy (non-hydrogen) atoms. The Morgan fingerprint density at radius 1 is 0.173 bits per heavy atom. The number of thiophene rings is 3. The molecule has 730 valence electrons. The van der Waals surface area contributed by atoms with E-state index >= 15 is 0 Å². The van der Waals surface area contributed by atoms with Crippen LogP contribution in [-0.4, -0.2) is 22.8 Å². The Labute approximate surface area is 884 Å². The van der Waals surface area contributed by atoms with Crippen LogP contribution in [0.15, 0.2) is 433 Å². The molecule has 0 amide bonds. The lowest BCUT2D eigenvalue weighted by Gasteiger charge is -2.21. The van der Waals surface area contributed by atoms with Gasteiger partial charge in [0.05, 0.1) is 69.3 Å². The van der Waals surface area contributed by atoms with E-state index in [0.29, 0.717) is 0 Å². The number of hydrogen-bond acceptors (Lipinski definition) is 5. The van der Waals surface area contributed by atoms with Crippen LogP contribution in [0.1, 0.15) is 132 Å². The maximum atomic E-state index is 6.50. The van der Waals surface area contributed by atoms with Gasteiger partial charge in [-0.3, -0.25) is 0 Å². The molecule has 0 fully saturated rings. The number of benzene rings is 20. The second-order valence-electron chi connectivity index (χ2n) is 45.4. The van der Waals surface area contributed by atoms with Gasteiger partial charge in [-0.2, -0.15) is 0 Å². The first-order valence-corrected chi connectivity index (χ1v) is 54.8. The zero-order chi connectivity index (χ0) is 102. The summed E-state index contributed by atoms with van der Waals surface area (Å²) in [4.78, 5) is 0. The molecule has 0 saturated heterocycles. The maximum Gasteiger partial charge on any atom is 0.160 e. The molecule has 0 aliphatic heterocycles. The van der Waals surface area contributed by atoms with Crippen LogP contribution < -0.4 is 0 Å². The topological polar surface area (TPSA) is 50.9 Å². The summed E-state index contributed by atoms with van der Waals surface area (Å²) >= 11 is 5.77. The van der Waals surface area contributed by atoms with Gasteiger partial charge in [0.25, 0.3) is 0 Å². The summed E-state index contributed by atoms with van der Waals surface area (Å²) in [5.41, 5.74) is 29.5. The minimum absolute atomic E-state index is 0.0428. The van der Waals surface area contributed by atoms with E-state index in [1.807, 2.05) is 46.1 Å². The summed E-state index contributed by atoms with van der Waals surface area (Å²) in [7, 11) is 0. The molecule has 30 aromatic rings. The number of nitrogens with zero attached hydrogens (tertiary/aromatic N) is 5. The highest BCUT2D eigenvalue weighted by Gasteiger charge is 2.31. The Morgan fingerprint density at radius 3 is 0.967 bits per heavy atom. The summed E-state index contributed by atoms with van der Waals surface area (Å²) in [6, 6.07) is 154. The third-order valence-corrected chi connectivity index (χ3v) is 34.3. The van der Waals surface area contributed by atoms with Gasteiger partial charge in [0.15, 0.2) is 11.2 Å². The van der Waals surface area contributed by atoms with Gasteiger partial charge in [-0.1, -0.05) is 383 Å². The van der Waals surface area contributed by atoms with E-state index < -0.39 is 0 Å². The van der Waals surface area contributed by atoms with E-state index in [0.717, 1.165) is 55.5 Å². The lowest BCUT2D eigenvalue weighted by atomic mass is 9.83. The summed E-state index contributed by atoms with van der Waals surface area (Å²) < 4.78 is 33.2. The fourth-order valence-corrected chi connectivity index (χ4v) is 27.3. The second-order valence-corrected chi connectivity index (χ2v) is 48.5. The molecule has 0 unspecified atom stereocenters. The van der Waals surface area contributed by atoms with Crippen LogP contribution in [0.25, 0.3) is 242 Å². The van der Waals surface area contributed by atoms with E-state index in [1.165, 1.54) is 214 Å². The van der Waals surface area contributed by atoms with E-state index in [2.05, 4.69) is 539 Å². The summed E-state index contributed by atoms with van der Waals surface area (Å²) in [6.45, 7) is 34.3. The van der Waals surface area contributed by atoms with Crippen molar-refractivity contribution < 1.29 is 8.83 Å². The zero-order valence-corrected chi connectivity index (χ0v) is 89.6. The van der Waals surface area contributed by atoms with Gasteiger partial charge in [0.1, 0.15) is 11.2 Å². The van der Waals surface area contributed by atoms with Crippen molar-refractivity contribution in [1.82, 2.24) is 22.8 Å². The summed E-state index contributed by atoms with van der Waals surface area (Å²) in [5, 5.41) is 25.8. The normalized spacial score (nSPS) is 12.5. The minimum Gasteiger partial charge on any atom is -0.454 e. The quantitative estimate of drug-likeness (QED) is 0.172. The van der Waals surface area contributed by atoms with Gasteiger partial charge in [-0.25, -0.2) is 0 Å². The average molecular weight is 2000 g/mol. The van der Waals surface area contributed by atoms with Crippen LogP contribution in [0.5, 0.6) is 0 Å². The van der Waals surface area contributed by atoms with E-state index in [-0.39, 0.29) is 27.1 Å². The molecule has 0 atom stereocenters. The predicted molar refractivity (Wildman–Crippen MR) is 651 cm³/mol. The molecule has 10 heteroatoms. The molecule has 10 aromatic heterocycles. The fraction of sp³-hybridized carbons (Fsp3) is 0.143. The number of para-hydroxylation sites is 9. The van der Waals surface area contributed by atoms with E-state index in [1.54, 1.807) is 0 Å². The maximum absolute atomic E-state index is 6.50. The van der Waals surface area contributed by atoms with Gasteiger partial charge < -0.3 is 31.7 Å². The third kappa shape index (κ3) is 15.5. The Balaban J connectivity index is 0.0000000945. The lowest BCUT2D eigenvalue weighted by molar-refractivity contribution is 0.590. The molecule has 30 rings (SSSR count). The summed E-state index contributed by atoms with van der Waals surface area (Å²) in [6.07, 6.45) is 0. The van der Waals surface area contributed by atoms with Crippen molar-refractivity contribution in [3.8, 4) is 28.4 Å². The Kier molecular flexibility index (Phi) is 22.3. The number of aromatic nitrogens is 5. The van der Waals surface area contributed by atoms with Gasteiger partial charge >= 0.3 is 0 Å². The van der Waals surface area contributed by atoms with Gasteiger partial charge in [-0.15, -0.1) is 34.0 Å². The first-order chi connectivity index (χ1) is 72.6. The number of fused-ring (bicyclic) bond motifs is 35. The summed E-state index contributed by atoms with van der Waals surface area (Å²) in [5.74, 6) is 0. The van der Waals surface area contributed by atoms with Crippen LogP contribution in [0, 0.1) is 0 Å². The monoisotopic (exact) mass is 1990 g/mol. The highest BCUT2D eigenvalue weighted by atomic mass is 32.1. The van der Waals surface area contributed by atoms with Crippen LogP contribution >= 0.6 is 34.0 Å². The van der Waals surface area contributed by atoms with Crippen molar-refractivity contribution in [2.45, 2.75) is 131 Å². The van der Waals surface area contributed by atoms with Crippen molar-refractivity contribution >= 4 is 247 Å². The average Bonchev–Trinajstić information content (AvgIpc) is 1.55. The Hall–Kier alpha value is -16.3. The van der Waals surface area contributed by atoms with Gasteiger partial charge in [0.2, 0.25) is 0 Å². The van der Waals surface area contributed by atoms with Crippen molar-refractivity contribution in [1.29, 1.82) is 0 Å². The number of furan rings is 2. The van der Waals surface area contributed by atoms with E-state index in [4.69, 9.17) is 8.83 Å². The third-order valence-electron chi connectivity index (χ3n) is 30.7. The number of hydrogen-bond donors (Lipinski definition) is 0. The Morgan fingerprint density at radius 2 is 0.487 bits per heavy atom. The van der Waals surface area contributed by atoms with Gasteiger partial charge in [0, 0.05) is 150 Å². The fourth-order valence-electron chi connectivity index (χ4n) is 23.3. The number of rotatable bonds is 5. The van der Waals surface area contributed by atoms with Crippen LogP contribution in [0.2, 0.25) is 0 Å². The smallest absolute Gasteiger partial charge is 0.160 e. The molecule has 0 aliphatic carbocycles. The minimum atomic E-state index is 0.0428. The first-order valence-electron chi connectivity index (χ1n) is 52.3. The molecule has 10 heterocycles. The van der Waals surface area contributed by atoms with Crippen molar-refractivity contribution in [3.05, 3.63) is 452 Å². The molecule has 0 radical (unpaired) electrons. The lowest BCUT2D eigenvalue weighted by Crippen LogP contribution is -2.11. The molecular weight excluding hydrogens is 1880 g/mol. The van der Waals surface area contributed by atoms with Crippen molar-refractivity contribution in [2.24, 2.45) is 0 Å². The molecule has 7 nitrogen and oxygen atoms in total. The molecule has 0 aliphatic rings. The highest BCUT2D eigenvalue weighted by molar-refractivity contribution is 7.27. The predicted octanol–water partition coefficient (Wildman–Crippen LogP) is 41.3. The van der Waals surface area contributed by atoms with Crippen LogP contribution in [0.3, 0.4) is 0 Å². The van der Waals surface area contributed by atoms with Crippen LogP contribution in [0.4, 0.5) is 0 Å². The molecule has 0 spiro atoms. The Bertz CT molecular complexity index is 10600. The first kappa shape index (κ1) is 93.4. The van der Waals surface area contributed by atoms with Crippen molar-refractivity contribution in [2.75, 3.05) is 0 Å². The largest absolute Gasteiger partial charge is 0.454 e. The second kappa shape index (κ2) is 35.7. The molecule has 20 aromatic carbocycles. The highest BCUT2D eigenvalue weighted by Crippen LogP contribution is 2.53. The standard InChI is InChI=1S/2C28H23NO.3C28H23NS/c1-28(2,3)18-12-14-19(15-13-18)29-24-10-6-4-8-20(24)22-16-17-23-21-9-5-7-11-25(21)30-27(23)26(22)29;1-28(2,3)18-13-16-25-23(17-18)22-15-14-21-20-11-7-8-12-24(20)29(26(21)27(22)30-25)19-9-5-4-6-10-19;1-28(2,3)22-17-21-19-13-8-10-16-24(19)30-27(21)26-25(22)20-14-7-9-15-23(20)29(26)18-11-5-4-6-12-18;1-28(2,3)23-14-9-13-21-22-17-16-20-19-12-7-8-15-24(19)29(18-10-5-4-6-11-18)25(20)27(22)30-26(21)23;1-28(2,3)18-13-16-24-23(17-18)21-14-15-22-20-11-7-8-12-25(20)30-27(22)26(21)29(24)19-9-5-4-6-10-19/h5*4-17H,1-3H3. The molecule has 0 bridgehead atoms. The molecular formula is C140H115N5O2S3. The zero-order valence-electron chi connectivity index (χ0n) is 87.2. The van der Waals surface area contributed by atoms with Gasteiger partial charge in [-0.05, 0) is 200 Å². The van der Waals surface area contributed by atoms with Crippen LogP contribution in [-0.2, 0) is 27.1 Å². The SMILES string of the molecule is CC(C)(C)c1cc2c3ccccc3sc2c2c1c1ccccc1n2-c1ccccc1.CC(C)(C)c1ccc(-n2c3ccccc3c3ccc4c5ccccc5oc4c32)cc1.CC(C)(C)c1ccc2c(c1)c1ccc3c4ccccc4sc3c1n2-c1ccccc1.CC(C)(C)c1ccc2oc3c(ccc4c5ccccc5n(-c5ccccc5)c43)c2c1.CC(C)(C)c1cccc2c1sc1c2ccc2c3ccccc3n(-c3ccccc3)c21. The molecule has 0 saturated carbocycles. The van der Waals surface area contributed by atoms with Crippen molar-refractivity contribution in [3.63, 3.8) is 0 Å².